The van der Waals surface area contributed by atoms with Gasteiger partial charge < -0.3 is 9.88 Å². The molecule has 0 atom stereocenters. The molecule has 0 saturated carbocycles. The number of aromatic nitrogens is 2. The zero-order valence-corrected chi connectivity index (χ0v) is 10.7. The first-order valence-electron chi connectivity index (χ1n) is 6.44. The molecule has 0 radical (unpaired) electrons. The van der Waals surface area contributed by atoms with Crippen LogP contribution in [0.15, 0.2) is 0 Å². The summed E-state index contributed by atoms with van der Waals surface area (Å²) in [6.45, 7) is 9.91. The van der Waals surface area contributed by atoms with Crippen molar-refractivity contribution in [2.45, 2.75) is 53.1 Å². The van der Waals surface area contributed by atoms with Crippen molar-refractivity contribution in [3.05, 3.63) is 17.2 Å². The van der Waals surface area contributed by atoms with Crippen molar-refractivity contribution >= 4 is 0 Å². The molecule has 1 N–H and O–H groups in total. The number of imidazole rings is 1. The van der Waals surface area contributed by atoms with Crippen LogP contribution in [0.4, 0.5) is 0 Å². The highest BCUT2D eigenvalue weighted by Gasteiger charge is 2.17. The van der Waals surface area contributed by atoms with Gasteiger partial charge in [0.05, 0.1) is 5.69 Å². The Morgan fingerprint density at radius 1 is 1.44 bits per heavy atom. The lowest BCUT2D eigenvalue weighted by Crippen LogP contribution is -2.25. The lowest BCUT2D eigenvalue weighted by molar-refractivity contribution is 0.494. The molecule has 0 unspecified atom stereocenters. The van der Waals surface area contributed by atoms with Crippen LogP contribution in [0.25, 0.3) is 0 Å². The largest absolute Gasteiger partial charge is 0.332 e. The second kappa shape index (κ2) is 5.00. The van der Waals surface area contributed by atoms with E-state index in [1.165, 1.54) is 30.1 Å². The zero-order chi connectivity index (χ0) is 11.5. The van der Waals surface area contributed by atoms with Crippen molar-refractivity contribution in [1.82, 2.24) is 14.9 Å². The van der Waals surface area contributed by atoms with Crippen LogP contribution in [0.2, 0.25) is 0 Å². The van der Waals surface area contributed by atoms with Gasteiger partial charge in [0.1, 0.15) is 5.82 Å². The molecule has 0 fully saturated rings. The molecule has 0 amide bonds. The van der Waals surface area contributed by atoms with Crippen molar-refractivity contribution in [2.24, 2.45) is 5.92 Å². The first kappa shape index (κ1) is 11.6. The maximum Gasteiger partial charge on any atom is 0.106 e. The molecule has 0 saturated heterocycles. The van der Waals surface area contributed by atoms with Gasteiger partial charge in [0.25, 0.3) is 0 Å². The van der Waals surface area contributed by atoms with E-state index in [0.29, 0.717) is 0 Å². The third-order valence-corrected chi connectivity index (χ3v) is 3.34. The van der Waals surface area contributed by atoms with Crippen molar-refractivity contribution in [1.29, 1.82) is 0 Å². The highest BCUT2D eigenvalue weighted by Crippen LogP contribution is 2.17. The lowest BCUT2D eigenvalue weighted by atomic mass is 10.1. The quantitative estimate of drug-likeness (QED) is 0.845. The summed E-state index contributed by atoms with van der Waals surface area (Å²) in [6.07, 6.45) is 3.72. The van der Waals surface area contributed by atoms with E-state index in [4.69, 9.17) is 0 Å². The number of hydrogen-bond donors (Lipinski definition) is 1. The first-order chi connectivity index (χ1) is 7.68. The second-order valence-electron chi connectivity index (χ2n) is 5.17. The van der Waals surface area contributed by atoms with Gasteiger partial charge in [-0.2, -0.15) is 0 Å². The molecule has 0 bridgehead atoms. The summed E-state index contributed by atoms with van der Waals surface area (Å²) >= 11 is 0. The van der Waals surface area contributed by atoms with E-state index in [0.717, 1.165) is 32.0 Å². The summed E-state index contributed by atoms with van der Waals surface area (Å²) in [5.74, 6) is 2.00. The second-order valence-corrected chi connectivity index (χ2v) is 5.17. The zero-order valence-electron chi connectivity index (χ0n) is 10.7. The summed E-state index contributed by atoms with van der Waals surface area (Å²) in [4.78, 5) is 4.65. The summed E-state index contributed by atoms with van der Waals surface area (Å²) in [5, 5.41) is 3.38. The van der Waals surface area contributed by atoms with Crippen molar-refractivity contribution in [2.75, 3.05) is 6.54 Å². The first-order valence-corrected chi connectivity index (χ1v) is 6.44. The summed E-state index contributed by atoms with van der Waals surface area (Å²) in [6, 6.07) is 0. The monoisotopic (exact) mass is 221 g/mol. The van der Waals surface area contributed by atoms with Crippen LogP contribution in [-0.4, -0.2) is 16.1 Å². The van der Waals surface area contributed by atoms with E-state index in [-0.39, 0.29) is 0 Å². The number of fused-ring (bicyclic) bond motifs is 1. The molecule has 16 heavy (non-hydrogen) atoms. The molecule has 0 aromatic carbocycles. The normalized spacial score (nSPS) is 15.5. The van der Waals surface area contributed by atoms with Gasteiger partial charge in [0, 0.05) is 31.7 Å². The standard InChI is InChI=1S/C13H23N3/c1-10(2)5-4-8-16-11(3)15-12-9-14-7-6-13(12)16/h10,14H,4-9H2,1-3H3. The van der Waals surface area contributed by atoms with Gasteiger partial charge in [-0.15, -0.1) is 0 Å². The predicted octanol–water partition coefficient (Wildman–Crippen LogP) is 2.27. The molecule has 1 aliphatic rings. The van der Waals surface area contributed by atoms with E-state index in [9.17, 15) is 0 Å². The van der Waals surface area contributed by atoms with Crippen LogP contribution < -0.4 is 5.32 Å². The van der Waals surface area contributed by atoms with Crippen molar-refractivity contribution in [3.63, 3.8) is 0 Å². The van der Waals surface area contributed by atoms with Gasteiger partial charge in [0.2, 0.25) is 0 Å². The Morgan fingerprint density at radius 3 is 3.00 bits per heavy atom. The minimum absolute atomic E-state index is 0.807. The number of nitrogens with zero attached hydrogens (tertiary/aromatic N) is 2. The van der Waals surface area contributed by atoms with E-state index >= 15 is 0 Å². The highest BCUT2D eigenvalue weighted by molar-refractivity contribution is 5.19. The number of hydrogen-bond acceptors (Lipinski definition) is 2. The molecule has 90 valence electrons. The number of nitrogens with one attached hydrogen (secondary N) is 1. The van der Waals surface area contributed by atoms with Gasteiger partial charge >= 0.3 is 0 Å². The fraction of sp³-hybridized carbons (Fsp3) is 0.769. The molecule has 2 rings (SSSR count). The molecule has 3 nitrogen and oxygen atoms in total. The van der Waals surface area contributed by atoms with Gasteiger partial charge in [-0.1, -0.05) is 13.8 Å². The van der Waals surface area contributed by atoms with Crippen LogP contribution in [0.5, 0.6) is 0 Å². The fourth-order valence-corrected chi connectivity index (χ4v) is 2.46. The van der Waals surface area contributed by atoms with Crippen LogP contribution in [0.1, 0.15) is 43.9 Å². The molecular weight excluding hydrogens is 198 g/mol. The van der Waals surface area contributed by atoms with E-state index in [1.807, 2.05) is 0 Å². The van der Waals surface area contributed by atoms with Crippen LogP contribution in [0, 0.1) is 12.8 Å². The maximum atomic E-state index is 4.65. The lowest BCUT2D eigenvalue weighted by Gasteiger charge is -2.16. The van der Waals surface area contributed by atoms with Crippen LogP contribution in [0.3, 0.4) is 0 Å². The Kier molecular flexibility index (Phi) is 3.64. The molecular formula is C13H23N3. The van der Waals surface area contributed by atoms with E-state index < -0.39 is 0 Å². The molecule has 0 spiro atoms. The maximum absolute atomic E-state index is 4.65. The molecule has 1 aromatic rings. The van der Waals surface area contributed by atoms with Gasteiger partial charge in [-0.25, -0.2) is 4.98 Å². The third-order valence-electron chi connectivity index (χ3n) is 3.34. The van der Waals surface area contributed by atoms with E-state index in [2.05, 4.69) is 35.6 Å². The van der Waals surface area contributed by atoms with E-state index in [1.54, 1.807) is 0 Å². The fourth-order valence-electron chi connectivity index (χ4n) is 2.46. The SMILES string of the molecule is Cc1nc2c(n1CCCC(C)C)CCNC2. The van der Waals surface area contributed by atoms with Gasteiger partial charge in [-0.05, 0) is 25.7 Å². The number of rotatable bonds is 4. The Hall–Kier alpha value is -0.830. The average Bonchev–Trinajstić information content (AvgIpc) is 2.55. The number of aryl methyl sites for hydroxylation is 1. The molecule has 1 aromatic heterocycles. The Bertz CT molecular complexity index is 352. The average molecular weight is 221 g/mol. The molecule has 1 aliphatic heterocycles. The third kappa shape index (κ3) is 2.46. The summed E-state index contributed by atoms with van der Waals surface area (Å²) < 4.78 is 2.43. The van der Waals surface area contributed by atoms with Gasteiger partial charge in [0.15, 0.2) is 0 Å². The summed E-state index contributed by atoms with van der Waals surface area (Å²) in [7, 11) is 0. The molecule has 0 aliphatic carbocycles. The minimum Gasteiger partial charge on any atom is -0.332 e. The predicted molar refractivity (Wildman–Crippen MR) is 66.4 cm³/mol. The smallest absolute Gasteiger partial charge is 0.106 e. The Morgan fingerprint density at radius 2 is 2.25 bits per heavy atom. The summed E-state index contributed by atoms with van der Waals surface area (Å²) in [5.41, 5.74) is 2.74. The van der Waals surface area contributed by atoms with Crippen molar-refractivity contribution in [3.8, 4) is 0 Å². The minimum atomic E-state index is 0.807. The molecule has 2 heterocycles. The Labute approximate surface area is 98.3 Å². The molecule has 3 heteroatoms. The van der Waals surface area contributed by atoms with Crippen LogP contribution in [-0.2, 0) is 19.5 Å². The van der Waals surface area contributed by atoms with Gasteiger partial charge in [-0.3, -0.25) is 0 Å². The Balaban J connectivity index is 2.05. The van der Waals surface area contributed by atoms with Crippen molar-refractivity contribution < 1.29 is 0 Å². The van der Waals surface area contributed by atoms with Crippen LogP contribution >= 0.6 is 0 Å². The topological polar surface area (TPSA) is 29.9 Å². The highest BCUT2D eigenvalue weighted by atomic mass is 15.1.